The molecule has 0 radical (unpaired) electrons. The number of hydrogen-bond acceptors (Lipinski definition) is 3. The summed E-state index contributed by atoms with van der Waals surface area (Å²) in [6.07, 6.45) is 1.05. The van der Waals surface area contributed by atoms with Gasteiger partial charge < -0.3 is 5.32 Å². The maximum atomic E-state index is 6.30. The first kappa shape index (κ1) is 14.8. The highest BCUT2D eigenvalue weighted by molar-refractivity contribution is 7.09. The lowest BCUT2D eigenvalue weighted by Crippen LogP contribution is -2.23. The van der Waals surface area contributed by atoms with E-state index < -0.39 is 0 Å². The molecule has 0 spiro atoms. The van der Waals surface area contributed by atoms with Gasteiger partial charge in [0.15, 0.2) is 0 Å². The van der Waals surface area contributed by atoms with E-state index in [9.17, 15) is 0 Å². The zero-order valence-electron chi connectivity index (χ0n) is 10.9. The van der Waals surface area contributed by atoms with E-state index in [1.165, 1.54) is 0 Å². The third-order valence-electron chi connectivity index (χ3n) is 2.75. The summed E-state index contributed by atoms with van der Waals surface area (Å²) in [7, 11) is 0. The third kappa shape index (κ3) is 3.69. The molecule has 2 rings (SSSR count). The van der Waals surface area contributed by atoms with Crippen LogP contribution in [-0.4, -0.2) is 11.5 Å². The van der Waals surface area contributed by atoms with Gasteiger partial charge in [0.05, 0.1) is 6.04 Å². The summed E-state index contributed by atoms with van der Waals surface area (Å²) in [5, 5.41) is 7.97. The molecule has 0 saturated carbocycles. The Morgan fingerprint density at radius 1 is 1.37 bits per heavy atom. The summed E-state index contributed by atoms with van der Waals surface area (Å²) in [4.78, 5) is 4.57. The van der Waals surface area contributed by atoms with Crippen LogP contribution in [0.3, 0.4) is 0 Å². The Kier molecular flexibility index (Phi) is 5.22. The summed E-state index contributed by atoms with van der Waals surface area (Å²) in [5.74, 6) is 0. The van der Waals surface area contributed by atoms with Gasteiger partial charge in [-0.15, -0.1) is 11.3 Å². The Labute approximate surface area is 127 Å². The van der Waals surface area contributed by atoms with E-state index in [1.807, 2.05) is 19.1 Å². The van der Waals surface area contributed by atoms with E-state index in [4.69, 9.17) is 23.2 Å². The van der Waals surface area contributed by atoms with Crippen LogP contribution in [0.15, 0.2) is 23.6 Å². The molecule has 19 heavy (non-hydrogen) atoms. The van der Waals surface area contributed by atoms with Crippen LogP contribution in [0.4, 0.5) is 0 Å². The minimum atomic E-state index is 0.00449. The van der Waals surface area contributed by atoms with E-state index in [2.05, 4.69) is 22.6 Å². The second-order valence-corrected chi connectivity index (χ2v) is 6.11. The van der Waals surface area contributed by atoms with Gasteiger partial charge in [0.2, 0.25) is 0 Å². The molecule has 0 amide bonds. The number of benzene rings is 1. The number of nitrogens with zero attached hydrogens (tertiary/aromatic N) is 1. The van der Waals surface area contributed by atoms with Gasteiger partial charge in [-0.25, -0.2) is 4.98 Å². The van der Waals surface area contributed by atoms with Crippen molar-refractivity contribution in [2.45, 2.75) is 26.3 Å². The Balaban J connectivity index is 2.39. The fraction of sp³-hybridized carbons (Fsp3) is 0.357. The second kappa shape index (κ2) is 6.71. The average molecular weight is 315 g/mol. The number of nitrogens with one attached hydrogen (secondary N) is 1. The van der Waals surface area contributed by atoms with Crippen LogP contribution in [0.25, 0.3) is 0 Å². The van der Waals surface area contributed by atoms with Crippen molar-refractivity contribution >= 4 is 34.5 Å². The van der Waals surface area contributed by atoms with Gasteiger partial charge in [0.1, 0.15) is 5.01 Å². The summed E-state index contributed by atoms with van der Waals surface area (Å²) in [6, 6.07) is 5.55. The van der Waals surface area contributed by atoms with Gasteiger partial charge >= 0.3 is 0 Å². The predicted molar refractivity (Wildman–Crippen MR) is 83.4 cm³/mol. The van der Waals surface area contributed by atoms with E-state index in [0.29, 0.717) is 10.0 Å². The van der Waals surface area contributed by atoms with Crippen LogP contribution in [0.5, 0.6) is 0 Å². The maximum Gasteiger partial charge on any atom is 0.114 e. The zero-order valence-corrected chi connectivity index (χ0v) is 13.2. The molecule has 0 aliphatic rings. The maximum absolute atomic E-state index is 6.30. The number of thiazole rings is 1. The fourth-order valence-electron chi connectivity index (χ4n) is 1.86. The van der Waals surface area contributed by atoms with Gasteiger partial charge in [0.25, 0.3) is 0 Å². The average Bonchev–Trinajstić information content (AvgIpc) is 2.80. The fourth-order valence-corrected chi connectivity index (χ4v) is 3.15. The Morgan fingerprint density at radius 2 is 2.16 bits per heavy atom. The molecule has 1 N–H and O–H groups in total. The summed E-state index contributed by atoms with van der Waals surface area (Å²) < 4.78 is 0. The number of hydrogen-bond donors (Lipinski definition) is 1. The molecule has 0 aliphatic carbocycles. The summed E-state index contributed by atoms with van der Waals surface area (Å²) >= 11 is 14.0. The molecule has 1 heterocycles. The normalized spacial score (nSPS) is 12.6. The molecule has 0 aliphatic heterocycles. The molecule has 0 saturated heterocycles. The standard InChI is InChI=1S/C14H16Cl2N2S/c1-3-6-17-13(14-18-9(2)8-19-14)11-7-10(15)4-5-12(11)16/h4-5,7-8,13,17H,3,6H2,1-2H3. The second-order valence-electron chi connectivity index (χ2n) is 4.38. The first-order valence-corrected chi connectivity index (χ1v) is 7.85. The first-order valence-electron chi connectivity index (χ1n) is 6.22. The molecule has 2 aromatic rings. The number of aromatic nitrogens is 1. The molecule has 1 unspecified atom stereocenters. The third-order valence-corrected chi connectivity index (χ3v) is 4.36. The van der Waals surface area contributed by atoms with Gasteiger partial charge in [-0.05, 0) is 43.7 Å². The molecule has 1 atom stereocenters. The van der Waals surface area contributed by atoms with Crippen molar-refractivity contribution in [3.8, 4) is 0 Å². The Hall–Kier alpha value is -0.610. The molecule has 0 bridgehead atoms. The van der Waals surface area contributed by atoms with E-state index >= 15 is 0 Å². The monoisotopic (exact) mass is 314 g/mol. The van der Waals surface area contributed by atoms with E-state index in [1.54, 1.807) is 17.4 Å². The van der Waals surface area contributed by atoms with Crippen molar-refractivity contribution in [3.63, 3.8) is 0 Å². The molecular weight excluding hydrogens is 299 g/mol. The van der Waals surface area contributed by atoms with Crippen molar-refractivity contribution in [3.05, 3.63) is 49.9 Å². The molecule has 5 heteroatoms. The number of halogens is 2. The lowest BCUT2D eigenvalue weighted by Gasteiger charge is -2.18. The molecule has 1 aromatic carbocycles. The molecule has 0 fully saturated rings. The van der Waals surface area contributed by atoms with Crippen molar-refractivity contribution in [2.75, 3.05) is 6.54 Å². The van der Waals surface area contributed by atoms with Crippen molar-refractivity contribution in [1.82, 2.24) is 10.3 Å². The van der Waals surface area contributed by atoms with Gasteiger partial charge in [-0.2, -0.15) is 0 Å². The lowest BCUT2D eigenvalue weighted by molar-refractivity contribution is 0.595. The Bertz CT molecular complexity index is 554. The van der Waals surface area contributed by atoms with Crippen molar-refractivity contribution in [2.24, 2.45) is 0 Å². The minimum Gasteiger partial charge on any atom is -0.304 e. The van der Waals surface area contributed by atoms with Crippen LogP contribution in [0, 0.1) is 6.92 Å². The van der Waals surface area contributed by atoms with Gasteiger partial charge in [0, 0.05) is 21.1 Å². The van der Waals surface area contributed by atoms with E-state index in [0.717, 1.165) is 29.2 Å². The summed E-state index contributed by atoms with van der Waals surface area (Å²) in [5.41, 5.74) is 2.01. The number of aryl methyl sites for hydroxylation is 1. The zero-order chi connectivity index (χ0) is 13.8. The first-order chi connectivity index (χ1) is 9.11. The van der Waals surface area contributed by atoms with Crippen LogP contribution in [0.2, 0.25) is 10.0 Å². The predicted octanol–water partition coefficient (Wildman–Crippen LogP) is 4.85. The van der Waals surface area contributed by atoms with Crippen LogP contribution >= 0.6 is 34.5 Å². The quantitative estimate of drug-likeness (QED) is 0.853. The van der Waals surface area contributed by atoms with Crippen LogP contribution in [-0.2, 0) is 0 Å². The largest absolute Gasteiger partial charge is 0.304 e. The highest BCUT2D eigenvalue weighted by Crippen LogP contribution is 2.32. The summed E-state index contributed by atoms with van der Waals surface area (Å²) in [6.45, 7) is 5.04. The van der Waals surface area contributed by atoms with Crippen molar-refractivity contribution in [1.29, 1.82) is 0 Å². The molecule has 102 valence electrons. The lowest BCUT2D eigenvalue weighted by atomic mass is 10.1. The smallest absolute Gasteiger partial charge is 0.114 e. The van der Waals surface area contributed by atoms with Crippen molar-refractivity contribution < 1.29 is 0 Å². The number of rotatable bonds is 5. The van der Waals surface area contributed by atoms with Gasteiger partial charge in [-0.3, -0.25) is 0 Å². The Morgan fingerprint density at radius 3 is 2.79 bits per heavy atom. The molecule has 1 aromatic heterocycles. The van der Waals surface area contributed by atoms with E-state index in [-0.39, 0.29) is 6.04 Å². The minimum absolute atomic E-state index is 0.00449. The molecular formula is C14H16Cl2N2S. The van der Waals surface area contributed by atoms with Crippen LogP contribution < -0.4 is 5.32 Å². The van der Waals surface area contributed by atoms with Gasteiger partial charge in [-0.1, -0.05) is 30.1 Å². The SMILES string of the molecule is CCCNC(c1nc(C)cs1)c1cc(Cl)ccc1Cl. The van der Waals surface area contributed by atoms with Crippen LogP contribution in [0.1, 0.15) is 35.7 Å². The topological polar surface area (TPSA) is 24.9 Å². The highest BCUT2D eigenvalue weighted by Gasteiger charge is 2.19. The molecule has 2 nitrogen and oxygen atoms in total. The highest BCUT2D eigenvalue weighted by atomic mass is 35.5.